The van der Waals surface area contributed by atoms with Gasteiger partial charge in [0.15, 0.2) is 0 Å². The maximum absolute atomic E-state index is 11.5. The Morgan fingerprint density at radius 1 is 1.19 bits per heavy atom. The molecular weight excluding hydrogens is 274 g/mol. The fourth-order valence-electron chi connectivity index (χ4n) is 1.47. The van der Waals surface area contributed by atoms with Gasteiger partial charge in [0.25, 0.3) is 0 Å². The fraction of sp³-hybridized carbons (Fsp3) is 0.0714. The zero-order chi connectivity index (χ0) is 15.1. The van der Waals surface area contributed by atoms with E-state index >= 15 is 0 Å². The SMILES string of the molecule is O=C(NCc1ccco1)C(=O)NN=Cc1ccccc1O. The van der Waals surface area contributed by atoms with Crippen molar-refractivity contribution in [1.29, 1.82) is 0 Å². The third-order valence-corrected chi connectivity index (χ3v) is 2.52. The van der Waals surface area contributed by atoms with Gasteiger partial charge in [-0.2, -0.15) is 5.10 Å². The Balaban J connectivity index is 1.81. The Kier molecular flexibility index (Phi) is 4.70. The fourth-order valence-corrected chi connectivity index (χ4v) is 1.47. The number of hydrazone groups is 1. The van der Waals surface area contributed by atoms with Crippen LogP contribution in [0.2, 0.25) is 0 Å². The van der Waals surface area contributed by atoms with Gasteiger partial charge in [-0.3, -0.25) is 9.59 Å². The van der Waals surface area contributed by atoms with Crippen LogP contribution in [-0.2, 0) is 16.1 Å². The van der Waals surface area contributed by atoms with Crippen molar-refractivity contribution in [2.45, 2.75) is 6.54 Å². The van der Waals surface area contributed by atoms with Gasteiger partial charge in [-0.15, -0.1) is 0 Å². The molecule has 0 radical (unpaired) electrons. The topological polar surface area (TPSA) is 104 Å². The Morgan fingerprint density at radius 2 is 2.00 bits per heavy atom. The van der Waals surface area contributed by atoms with Gasteiger partial charge in [-0.1, -0.05) is 12.1 Å². The molecule has 3 N–H and O–H groups in total. The van der Waals surface area contributed by atoms with Gasteiger partial charge in [0, 0.05) is 5.56 Å². The molecule has 1 aromatic heterocycles. The Bertz CT molecular complexity index is 650. The van der Waals surface area contributed by atoms with Crippen molar-refractivity contribution >= 4 is 18.0 Å². The molecule has 108 valence electrons. The molecule has 0 saturated heterocycles. The van der Waals surface area contributed by atoms with Gasteiger partial charge < -0.3 is 14.8 Å². The van der Waals surface area contributed by atoms with E-state index < -0.39 is 11.8 Å². The highest BCUT2D eigenvalue weighted by Gasteiger charge is 2.12. The maximum Gasteiger partial charge on any atom is 0.329 e. The zero-order valence-electron chi connectivity index (χ0n) is 10.9. The van der Waals surface area contributed by atoms with Gasteiger partial charge in [-0.25, -0.2) is 5.43 Å². The molecule has 21 heavy (non-hydrogen) atoms. The lowest BCUT2D eigenvalue weighted by atomic mass is 10.2. The summed E-state index contributed by atoms with van der Waals surface area (Å²) in [4.78, 5) is 22.9. The first-order valence-electron chi connectivity index (χ1n) is 6.08. The van der Waals surface area contributed by atoms with E-state index in [4.69, 9.17) is 4.42 Å². The van der Waals surface area contributed by atoms with Gasteiger partial charge in [0.05, 0.1) is 19.0 Å². The van der Waals surface area contributed by atoms with E-state index in [9.17, 15) is 14.7 Å². The molecule has 7 heteroatoms. The minimum atomic E-state index is -0.909. The van der Waals surface area contributed by atoms with Gasteiger partial charge in [-0.05, 0) is 24.3 Å². The first-order valence-corrected chi connectivity index (χ1v) is 6.08. The summed E-state index contributed by atoms with van der Waals surface area (Å²) < 4.78 is 5.01. The van der Waals surface area contributed by atoms with Crippen molar-refractivity contribution in [3.8, 4) is 5.75 Å². The Morgan fingerprint density at radius 3 is 2.71 bits per heavy atom. The van der Waals surface area contributed by atoms with Gasteiger partial charge in [0.2, 0.25) is 0 Å². The molecule has 2 aromatic rings. The van der Waals surface area contributed by atoms with Crippen LogP contribution in [0.3, 0.4) is 0 Å². The molecule has 0 atom stereocenters. The summed E-state index contributed by atoms with van der Waals surface area (Å²) in [6, 6.07) is 9.82. The summed E-state index contributed by atoms with van der Waals surface area (Å²) >= 11 is 0. The molecule has 0 fully saturated rings. The van der Waals surface area contributed by atoms with E-state index in [2.05, 4.69) is 15.8 Å². The second kappa shape index (κ2) is 6.90. The quantitative estimate of drug-likeness (QED) is 0.438. The van der Waals surface area contributed by atoms with Crippen molar-refractivity contribution in [3.63, 3.8) is 0 Å². The average Bonchev–Trinajstić information content (AvgIpc) is 3.00. The lowest BCUT2D eigenvalue weighted by Crippen LogP contribution is -2.37. The molecule has 1 aromatic carbocycles. The van der Waals surface area contributed by atoms with Crippen molar-refractivity contribution < 1.29 is 19.1 Å². The van der Waals surface area contributed by atoms with Gasteiger partial charge in [0.1, 0.15) is 11.5 Å². The number of phenolic OH excluding ortho intramolecular Hbond substituents is 1. The number of aromatic hydroxyl groups is 1. The van der Waals surface area contributed by atoms with Crippen molar-refractivity contribution in [1.82, 2.24) is 10.7 Å². The summed E-state index contributed by atoms with van der Waals surface area (Å²) in [6.07, 6.45) is 2.71. The summed E-state index contributed by atoms with van der Waals surface area (Å²) in [7, 11) is 0. The number of para-hydroxylation sites is 1. The molecular formula is C14H13N3O4. The number of rotatable bonds is 4. The number of furan rings is 1. The van der Waals surface area contributed by atoms with Crippen LogP contribution in [0.1, 0.15) is 11.3 Å². The third kappa shape index (κ3) is 4.20. The Hall–Kier alpha value is -3.09. The van der Waals surface area contributed by atoms with E-state index in [1.165, 1.54) is 18.5 Å². The number of amides is 2. The zero-order valence-corrected chi connectivity index (χ0v) is 10.9. The molecule has 0 aliphatic rings. The second-order valence-corrected chi connectivity index (χ2v) is 4.02. The normalized spacial score (nSPS) is 10.5. The van der Waals surface area contributed by atoms with E-state index in [1.54, 1.807) is 30.3 Å². The van der Waals surface area contributed by atoms with Crippen LogP contribution in [0.25, 0.3) is 0 Å². The molecule has 7 nitrogen and oxygen atoms in total. The number of nitrogens with zero attached hydrogens (tertiary/aromatic N) is 1. The summed E-state index contributed by atoms with van der Waals surface area (Å²) in [6.45, 7) is 0.114. The van der Waals surface area contributed by atoms with Crippen LogP contribution in [-0.4, -0.2) is 23.1 Å². The Labute approximate surface area is 120 Å². The third-order valence-electron chi connectivity index (χ3n) is 2.52. The number of hydrogen-bond donors (Lipinski definition) is 3. The number of carbonyl (C=O) groups is 2. The van der Waals surface area contributed by atoms with Crippen LogP contribution >= 0.6 is 0 Å². The van der Waals surface area contributed by atoms with Crippen molar-refractivity contribution in [2.24, 2.45) is 5.10 Å². The molecule has 0 aliphatic heterocycles. The number of nitrogens with one attached hydrogen (secondary N) is 2. The summed E-state index contributed by atoms with van der Waals surface area (Å²) in [5, 5.41) is 15.5. The number of phenols is 1. The van der Waals surface area contributed by atoms with Crippen LogP contribution in [0.5, 0.6) is 5.75 Å². The number of benzene rings is 1. The predicted molar refractivity (Wildman–Crippen MR) is 74.4 cm³/mol. The summed E-state index contributed by atoms with van der Waals surface area (Å²) in [5.41, 5.74) is 2.49. The molecule has 0 aliphatic carbocycles. The molecule has 2 amide bonds. The van der Waals surface area contributed by atoms with Crippen LogP contribution in [0.4, 0.5) is 0 Å². The first kappa shape index (κ1) is 14.3. The lowest BCUT2D eigenvalue weighted by molar-refractivity contribution is -0.139. The lowest BCUT2D eigenvalue weighted by Gasteiger charge is -2.01. The maximum atomic E-state index is 11.5. The van der Waals surface area contributed by atoms with Crippen molar-refractivity contribution in [3.05, 3.63) is 54.0 Å². The molecule has 1 heterocycles. The van der Waals surface area contributed by atoms with E-state index in [1.807, 2.05) is 0 Å². The van der Waals surface area contributed by atoms with Crippen LogP contribution < -0.4 is 10.7 Å². The highest BCUT2D eigenvalue weighted by atomic mass is 16.3. The molecule has 2 rings (SSSR count). The molecule has 0 bridgehead atoms. The number of carbonyl (C=O) groups excluding carboxylic acids is 2. The van der Waals surface area contributed by atoms with E-state index in [-0.39, 0.29) is 12.3 Å². The highest BCUT2D eigenvalue weighted by molar-refractivity contribution is 6.35. The molecule has 0 unspecified atom stereocenters. The average molecular weight is 287 g/mol. The van der Waals surface area contributed by atoms with E-state index in [0.717, 1.165) is 0 Å². The minimum Gasteiger partial charge on any atom is -0.507 e. The predicted octanol–water partition coefficient (Wildman–Crippen LogP) is 0.752. The van der Waals surface area contributed by atoms with E-state index in [0.29, 0.717) is 11.3 Å². The van der Waals surface area contributed by atoms with Crippen LogP contribution in [0, 0.1) is 0 Å². The standard InChI is InChI=1S/C14H13N3O4/c18-12-6-2-1-4-10(12)8-16-17-14(20)13(19)15-9-11-5-3-7-21-11/h1-8,18H,9H2,(H,15,19)(H,17,20). The molecule has 0 spiro atoms. The van der Waals surface area contributed by atoms with Gasteiger partial charge >= 0.3 is 11.8 Å². The van der Waals surface area contributed by atoms with Crippen LogP contribution in [0.15, 0.2) is 52.2 Å². The largest absolute Gasteiger partial charge is 0.507 e. The molecule has 0 saturated carbocycles. The minimum absolute atomic E-state index is 0.0257. The highest BCUT2D eigenvalue weighted by Crippen LogP contribution is 2.12. The monoisotopic (exact) mass is 287 g/mol. The van der Waals surface area contributed by atoms with Crippen molar-refractivity contribution in [2.75, 3.05) is 0 Å². The first-order chi connectivity index (χ1) is 10.2. The summed E-state index contributed by atoms with van der Waals surface area (Å²) in [5.74, 6) is -1.18. The smallest absolute Gasteiger partial charge is 0.329 e. The number of hydrogen-bond acceptors (Lipinski definition) is 5. The second-order valence-electron chi connectivity index (χ2n) is 4.02.